The number of aliphatic hydroxyl groups is 1. The number of nitrogens with one attached hydrogen (secondary N) is 2. The zero-order valence-corrected chi connectivity index (χ0v) is 13.7. The molecule has 2 aromatic carbocycles. The summed E-state index contributed by atoms with van der Waals surface area (Å²) < 4.78 is 5.17. The van der Waals surface area contributed by atoms with Crippen LogP contribution in [0.1, 0.15) is 17.2 Å². The van der Waals surface area contributed by atoms with Gasteiger partial charge in [-0.2, -0.15) is 0 Å². The summed E-state index contributed by atoms with van der Waals surface area (Å²) in [6, 6.07) is 11.9. The molecule has 1 atom stereocenters. The smallest absolute Gasteiger partial charge is 0.319 e. The van der Waals surface area contributed by atoms with Crippen LogP contribution in [0.5, 0.6) is 5.75 Å². The number of ether oxygens (including phenoxy) is 1. The lowest BCUT2D eigenvalue weighted by molar-refractivity contribution is 0.175. The van der Waals surface area contributed by atoms with E-state index < -0.39 is 12.1 Å². The Labute approximate surface area is 140 Å². The molecule has 0 aliphatic rings. The predicted molar refractivity (Wildman–Crippen MR) is 91.2 cm³/mol. The molecule has 0 spiro atoms. The number of carbonyl (C=O) groups excluding carboxylic acids is 1. The van der Waals surface area contributed by atoms with E-state index in [0.717, 1.165) is 11.3 Å². The van der Waals surface area contributed by atoms with Crippen molar-refractivity contribution in [3.63, 3.8) is 0 Å². The van der Waals surface area contributed by atoms with E-state index in [1.54, 1.807) is 43.5 Å². The maximum Gasteiger partial charge on any atom is 0.319 e. The third-order valence-corrected chi connectivity index (χ3v) is 3.72. The molecule has 0 fully saturated rings. The fourth-order valence-corrected chi connectivity index (χ4v) is 2.44. The first-order chi connectivity index (χ1) is 11.0. The molecule has 0 aliphatic heterocycles. The van der Waals surface area contributed by atoms with Crippen molar-refractivity contribution in [1.82, 2.24) is 5.32 Å². The number of aliphatic hydroxyl groups excluding tert-OH is 1. The predicted octanol–water partition coefficient (Wildman–Crippen LogP) is 3.51. The molecule has 0 radical (unpaired) electrons. The third-order valence-electron chi connectivity index (χ3n) is 3.37. The average molecular weight is 335 g/mol. The molecule has 0 bridgehead atoms. The fourth-order valence-electron chi connectivity index (χ4n) is 2.18. The summed E-state index contributed by atoms with van der Waals surface area (Å²) in [4.78, 5) is 11.9. The van der Waals surface area contributed by atoms with Crippen molar-refractivity contribution < 1.29 is 14.6 Å². The zero-order valence-electron chi connectivity index (χ0n) is 13.0. The molecule has 0 saturated heterocycles. The second kappa shape index (κ2) is 7.85. The lowest BCUT2D eigenvalue weighted by Gasteiger charge is -2.14. The van der Waals surface area contributed by atoms with Crippen LogP contribution < -0.4 is 15.4 Å². The van der Waals surface area contributed by atoms with E-state index >= 15 is 0 Å². The molecule has 5 nitrogen and oxygen atoms in total. The lowest BCUT2D eigenvalue weighted by Crippen LogP contribution is -2.32. The number of carbonyl (C=O) groups is 1. The molecule has 23 heavy (non-hydrogen) atoms. The highest BCUT2D eigenvalue weighted by Gasteiger charge is 2.12. The molecule has 6 heteroatoms. The Bertz CT molecular complexity index is 691. The highest BCUT2D eigenvalue weighted by atomic mass is 35.5. The molecule has 3 N–H and O–H groups in total. The average Bonchev–Trinajstić information content (AvgIpc) is 2.53. The van der Waals surface area contributed by atoms with Crippen molar-refractivity contribution in [3.8, 4) is 5.75 Å². The van der Waals surface area contributed by atoms with Crippen LogP contribution in [0.2, 0.25) is 5.02 Å². The summed E-state index contributed by atoms with van der Waals surface area (Å²) in [5.41, 5.74) is 2.14. The van der Waals surface area contributed by atoms with Gasteiger partial charge in [-0.15, -0.1) is 0 Å². The van der Waals surface area contributed by atoms with E-state index in [2.05, 4.69) is 10.6 Å². The molecule has 0 heterocycles. The minimum Gasteiger partial charge on any atom is -0.496 e. The normalized spacial score (nSPS) is 11.7. The van der Waals surface area contributed by atoms with Crippen LogP contribution in [0.4, 0.5) is 10.5 Å². The largest absolute Gasteiger partial charge is 0.496 e. The van der Waals surface area contributed by atoms with Crippen molar-refractivity contribution in [2.75, 3.05) is 19.0 Å². The molecule has 0 saturated carbocycles. The van der Waals surface area contributed by atoms with E-state index in [1.807, 2.05) is 13.0 Å². The number of hydrogen-bond acceptors (Lipinski definition) is 3. The van der Waals surface area contributed by atoms with Crippen molar-refractivity contribution in [1.29, 1.82) is 0 Å². The van der Waals surface area contributed by atoms with Crippen LogP contribution >= 0.6 is 11.6 Å². The van der Waals surface area contributed by atoms with Gasteiger partial charge in [0.15, 0.2) is 0 Å². The van der Waals surface area contributed by atoms with E-state index in [1.165, 1.54) is 0 Å². The molecule has 2 aromatic rings. The summed E-state index contributed by atoms with van der Waals surface area (Å²) in [6.07, 6.45) is -0.868. The Morgan fingerprint density at radius 1 is 1.30 bits per heavy atom. The Morgan fingerprint density at radius 3 is 2.70 bits per heavy atom. The second-order valence-corrected chi connectivity index (χ2v) is 5.46. The molecule has 2 rings (SSSR count). The second-order valence-electron chi connectivity index (χ2n) is 5.06. The Hall–Kier alpha value is -2.24. The van der Waals surface area contributed by atoms with Gasteiger partial charge in [-0.1, -0.05) is 29.8 Å². The number of anilines is 1. The van der Waals surface area contributed by atoms with Gasteiger partial charge in [-0.25, -0.2) is 4.79 Å². The summed E-state index contributed by atoms with van der Waals surface area (Å²) in [5, 5.41) is 15.9. The number of methoxy groups -OCH3 is 1. The Balaban J connectivity index is 1.90. The fraction of sp³-hybridized carbons (Fsp3) is 0.235. The van der Waals surface area contributed by atoms with Crippen LogP contribution in [-0.4, -0.2) is 24.8 Å². The summed E-state index contributed by atoms with van der Waals surface area (Å²) >= 11 is 6.01. The summed E-state index contributed by atoms with van der Waals surface area (Å²) in [6.45, 7) is 1.95. The minimum absolute atomic E-state index is 0.0602. The molecular formula is C17H19ClN2O3. The maximum absolute atomic E-state index is 11.9. The van der Waals surface area contributed by atoms with E-state index in [-0.39, 0.29) is 6.54 Å². The van der Waals surface area contributed by atoms with Gasteiger partial charge in [0, 0.05) is 22.8 Å². The molecular weight excluding hydrogens is 316 g/mol. The van der Waals surface area contributed by atoms with E-state index in [4.69, 9.17) is 16.3 Å². The number of halogens is 1. The molecule has 2 amide bonds. The molecule has 122 valence electrons. The third kappa shape index (κ3) is 4.61. The molecule has 0 aliphatic carbocycles. The van der Waals surface area contributed by atoms with Gasteiger partial charge in [0.25, 0.3) is 0 Å². The van der Waals surface area contributed by atoms with Crippen molar-refractivity contribution in [3.05, 3.63) is 58.6 Å². The van der Waals surface area contributed by atoms with Gasteiger partial charge in [0.2, 0.25) is 0 Å². The van der Waals surface area contributed by atoms with E-state index in [9.17, 15) is 9.90 Å². The summed E-state index contributed by atoms with van der Waals surface area (Å²) in [5.74, 6) is 0.755. The van der Waals surface area contributed by atoms with Crippen molar-refractivity contribution in [2.45, 2.75) is 13.0 Å². The van der Waals surface area contributed by atoms with Crippen molar-refractivity contribution >= 4 is 23.3 Å². The maximum atomic E-state index is 11.9. The number of rotatable bonds is 5. The SMILES string of the molecule is COc1ccc(NC(=O)NCC(O)c2ccccc2Cl)cc1C. The Morgan fingerprint density at radius 2 is 2.04 bits per heavy atom. The monoisotopic (exact) mass is 334 g/mol. The number of urea groups is 1. The van der Waals surface area contributed by atoms with Crippen molar-refractivity contribution in [2.24, 2.45) is 0 Å². The zero-order chi connectivity index (χ0) is 16.8. The van der Waals surface area contributed by atoms with Gasteiger partial charge < -0.3 is 20.5 Å². The highest BCUT2D eigenvalue weighted by molar-refractivity contribution is 6.31. The number of hydrogen-bond donors (Lipinski definition) is 3. The van der Waals surface area contributed by atoms with Crippen LogP contribution in [-0.2, 0) is 0 Å². The lowest BCUT2D eigenvalue weighted by atomic mass is 10.1. The first-order valence-electron chi connectivity index (χ1n) is 7.13. The first-order valence-corrected chi connectivity index (χ1v) is 7.51. The number of amides is 2. The van der Waals surface area contributed by atoms with Crippen LogP contribution in [0.25, 0.3) is 0 Å². The highest BCUT2D eigenvalue weighted by Crippen LogP contribution is 2.22. The van der Waals surface area contributed by atoms with Crippen LogP contribution in [0, 0.1) is 6.92 Å². The van der Waals surface area contributed by atoms with Gasteiger partial charge in [0.1, 0.15) is 5.75 Å². The standard InChI is InChI=1S/C17H19ClN2O3/c1-11-9-12(7-8-16(11)23-2)20-17(22)19-10-15(21)13-5-3-4-6-14(13)18/h3-9,15,21H,10H2,1-2H3,(H2,19,20,22). The molecule has 1 unspecified atom stereocenters. The Kier molecular flexibility index (Phi) is 5.84. The summed E-state index contributed by atoms with van der Waals surface area (Å²) in [7, 11) is 1.60. The minimum atomic E-state index is -0.868. The molecule has 0 aromatic heterocycles. The first kappa shape index (κ1) is 17.1. The van der Waals surface area contributed by atoms with Gasteiger partial charge in [-0.3, -0.25) is 0 Å². The quantitative estimate of drug-likeness (QED) is 0.783. The number of benzene rings is 2. The van der Waals surface area contributed by atoms with Crippen LogP contribution in [0.3, 0.4) is 0 Å². The van der Waals surface area contributed by atoms with Gasteiger partial charge >= 0.3 is 6.03 Å². The van der Waals surface area contributed by atoms with Gasteiger partial charge in [-0.05, 0) is 36.8 Å². The van der Waals surface area contributed by atoms with E-state index in [0.29, 0.717) is 16.3 Å². The van der Waals surface area contributed by atoms with Gasteiger partial charge in [0.05, 0.1) is 13.2 Å². The topological polar surface area (TPSA) is 70.6 Å². The van der Waals surface area contributed by atoms with Crippen LogP contribution in [0.15, 0.2) is 42.5 Å². The number of aryl methyl sites for hydroxylation is 1.